The number of morpholine rings is 2. The predicted octanol–water partition coefficient (Wildman–Crippen LogP) is 3.49. The Morgan fingerprint density at radius 2 is 1.00 bits per heavy atom. The molecule has 160 valence electrons. The predicted molar refractivity (Wildman–Crippen MR) is 121 cm³/mol. The highest BCUT2D eigenvalue weighted by atomic mass is 16.5. The van der Waals surface area contributed by atoms with Crippen LogP contribution in [0.5, 0.6) is 0 Å². The first-order chi connectivity index (χ1) is 14.8. The minimum atomic E-state index is 0.338. The van der Waals surface area contributed by atoms with E-state index in [1.165, 1.54) is 22.5 Å². The lowest BCUT2D eigenvalue weighted by atomic mass is 10.0. The molecule has 2 aliphatic heterocycles. The van der Waals surface area contributed by atoms with Crippen LogP contribution in [0.1, 0.15) is 24.0 Å². The molecular formula is C25H32N2O3. The average molecular weight is 409 g/mol. The number of carbonyl (C=O) groups excluding carboxylic acids is 1. The topological polar surface area (TPSA) is 42.0 Å². The molecule has 2 fully saturated rings. The fourth-order valence-corrected chi connectivity index (χ4v) is 4.08. The monoisotopic (exact) mass is 408 g/mol. The molecule has 5 heteroatoms. The Bertz CT molecular complexity index is 725. The van der Waals surface area contributed by atoms with Gasteiger partial charge in [0.2, 0.25) is 0 Å². The lowest BCUT2D eigenvalue weighted by Crippen LogP contribution is -2.36. The third-order valence-corrected chi connectivity index (χ3v) is 6.01. The van der Waals surface area contributed by atoms with E-state index in [9.17, 15) is 4.79 Å². The Balaban J connectivity index is 1.19. The molecule has 2 heterocycles. The van der Waals surface area contributed by atoms with Crippen molar-refractivity contribution >= 4 is 17.2 Å². The van der Waals surface area contributed by atoms with Crippen molar-refractivity contribution in [1.82, 2.24) is 0 Å². The Hall–Kier alpha value is -2.37. The zero-order valence-corrected chi connectivity index (χ0v) is 17.7. The van der Waals surface area contributed by atoms with Crippen LogP contribution in [0, 0.1) is 0 Å². The summed E-state index contributed by atoms with van der Waals surface area (Å²) in [6, 6.07) is 17.3. The summed E-state index contributed by atoms with van der Waals surface area (Å²) in [7, 11) is 0. The fourth-order valence-electron chi connectivity index (χ4n) is 4.08. The molecule has 0 unspecified atom stereocenters. The minimum absolute atomic E-state index is 0.338. The van der Waals surface area contributed by atoms with E-state index in [2.05, 4.69) is 58.3 Å². The Morgan fingerprint density at radius 1 is 0.633 bits per heavy atom. The molecule has 2 aromatic carbocycles. The number of ketones is 1. The number of aryl methyl sites for hydroxylation is 2. The quantitative estimate of drug-likeness (QED) is 0.669. The lowest BCUT2D eigenvalue weighted by molar-refractivity contribution is -0.119. The summed E-state index contributed by atoms with van der Waals surface area (Å²) < 4.78 is 10.8. The van der Waals surface area contributed by atoms with Gasteiger partial charge in [0, 0.05) is 50.4 Å². The molecule has 0 bridgehead atoms. The van der Waals surface area contributed by atoms with Crippen LogP contribution < -0.4 is 9.80 Å². The molecule has 2 aliphatic rings. The first kappa shape index (κ1) is 20.9. The minimum Gasteiger partial charge on any atom is -0.378 e. The van der Waals surface area contributed by atoms with Crippen LogP contribution in [0.3, 0.4) is 0 Å². The summed E-state index contributed by atoms with van der Waals surface area (Å²) >= 11 is 0. The smallest absolute Gasteiger partial charge is 0.133 e. The number of carbonyl (C=O) groups is 1. The molecule has 0 aliphatic carbocycles. The third kappa shape index (κ3) is 5.83. The van der Waals surface area contributed by atoms with Crippen molar-refractivity contribution in [2.75, 3.05) is 62.4 Å². The largest absolute Gasteiger partial charge is 0.378 e. The van der Waals surface area contributed by atoms with E-state index in [4.69, 9.17) is 9.47 Å². The van der Waals surface area contributed by atoms with Gasteiger partial charge in [-0.15, -0.1) is 0 Å². The van der Waals surface area contributed by atoms with Gasteiger partial charge >= 0.3 is 0 Å². The number of nitrogens with zero attached hydrogens (tertiary/aromatic N) is 2. The Morgan fingerprint density at radius 3 is 1.37 bits per heavy atom. The van der Waals surface area contributed by atoms with Crippen molar-refractivity contribution in [1.29, 1.82) is 0 Å². The zero-order chi connectivity index (χ0) is 20.6. The van der Waals surface area contributed by atoms with E-state index in [0.717, 1.165) is 65.4 Å². The summed E-state index contributed by atoms with van der Waals surface area (Å²) in [6.07, 6.45) is 2.86. The van der Waals surface area contributed by atoms with Gasteiger partial charge in [-0.2, -0.15) is 0 Å². The summed E-state index contributed by atoms with van der Waals surface area (Å²) in [5.41, 5.74) is 4.95. The van der Waals surface area contributed by atoms with E-state index >= 15 is 0 Å². The second kappa shape index (κ2) is 10.6. The molecule has 5 nitrogen and oxygen atoms in total. The number of anilines is 2. The maximum atomic E-state index is 12.4. The number of hydrogen-bond donors (Lipinski definition) is 0. The molecule has 0 saturated carbocycles. The zero-order valence-electron chi connectivity index (χ0n) is 17.7. The van der Waals surface area contributed by atoms with Crippen molar-refractivity contribution in [3.63, 3.8) is 0 Å². The maximum absolute atomic E-state index is 12.4. The van der Waals surface area contributed by atoms with Crippen molar-refractivity contribution in [2.24, 2.45) is 0 Å². The molecule has 0 aromatic heterocycles. The molecule has 0 amide bonds. The highest BCUT2D eigenvalue weighted by molar-refractivity contribution is 5.79. The van der Waals surface area contributed by atoms with Gasteiger partial charge in [-0.3, -0.25) is 4.79 Å². The summed E-state index contributed by atoms with van der Waals surface area (Å²) in [5, 5.41) is 0. The molecular weight excluding hydrogens is 376 g/mol. The Kier molecular flexibility index (Phi) is 7.38. The average Bonchev–Trinajstić information content (AvgIpc) is 2.83. The van der Waals surface area contributed by atoms with Gasteiger partial charge in [-0.25, -0.2) is 0 Å². The standard InChI is InChI=1S/C25H32N2O3/c28-25(11-5-21-1-7-23(8-2-21)26-13-17-29-18-14-26)12-6-22-3-9-24(10-4-22)27-15-19-30-20-16-27/h1-4,7-10H,5-6,11-20H2. The third-order valence-electron chi connectivity index (χ3n) is 6.01. The van der Waals surface area contributed by atoms with Crippen LogP contribution in [0.2, 0.25) is 0 Å². The van der Waals surface area contributed by atoms with Gasteiger partial charge in [0.05, 0.1) is 26.4 Å². The van der Waals surface area contributed by atoms with Gasteiger partial charge < -0.3 is 19.3 Å². The second-order valence-electron chi connectivity index (χ2n) is 8.07. The summed E-state index contributed by atoms with van der Waals surface area (Å²) in [4.78, 5) is 17.1. The number of benzene rings is 2. The molecule has 2 aromatic rings. The lowest BCUT2D eigenvalue weighted by Gasteiger charge is -2.29. The molecule has 2 saturated heterocycles. The summed E-state index contributed by atoms with van der Waals surface area (Å²) in [5.74, 6) is 0.338. The molecule has 4 rings (SSSR count). The summed E-state index contributed by atoms with van der Waals surface area (Å²) in [6.45, 7) is 6.99. The van der Waals surface area contributed by atoms with Crippen molar-refractivity contribution < 1.29 is 14.3 Å². The van der Waals surface area contributed by atoms with Gasteiger partial charge in [0.25, 0.3) is 0 Å². The van der Waals surface area contributed by atoms with Gasteiger partial charge in [-0.05, 0) is 48.2 Å². The number of Topliss-reactive ketones (excluding diaryl/α,β-unsaturated/α-hetero) is 1. The van der Waals surface area contributed by atoms with E-state index in [1.807, 2.05) is 0 Å². The number of ether oxygens (including phenoxy) is 2. The fraction of sp³-hybridized carbons (Fsp3) is 0.480. The van der Waals surface area contributed by atoms with E-state index in [0.29, 0.717) is 18.6 Å². The van der Waals surface area contributed by atoms with Crippen molar-refractivity contribution in [3.05, 3.63) is 59.7 Å². The number of hydrogen-bond acceptors (Lipinski definition) is 5. The normalized spacial score (nSPS) is 17.2. The van der Waals surface area contributed by atoms with Crippen LogP contribution in [-0.2, 0) is 27.1 Å². The van der Waals surface area contributed by atoms with E-state index in [-0.39, 0.29) is 0 Å². The van der Waals surface area contributed by atoms with Crippen LogP contribution in [0.4, 0.5) is 11.4 Å². The van der Waals surface area contributed by atoms with Gasteiger partial charge in [-0.1, -0.05) is 24.3 Å². The van der Waals surface area contributed by atoms with Crippen LogP contribution in [0.15, 0.2) is 48.5 Å². The van der Waals surface area contributed by atoms with E-state index < -0.39 is 0 Å². The number of rotatable bonds is 8. The van der Waals surface area contributed by atoms with Crippen molar-refractivity contribution in [3.8, 4) is 0 Å². The van der Waals surface area contributed by atoms with Crippen LogP contribution in [0.25, 0.3) is 0 Å². The van der Waals surface area contributed by atoms with Crippen LogP contribution >= 0.6 is 0 Å². The molecule has 0 N–H and O–H groups in total. The Labute approximate surface area is 179 Å². The highest BCUT2D eigenvalue weighted by Crippen LogP contribution is 2.19. The highest BCUT2D eigenvalue weighted by Gasteiger charge is 2.12. The SMILES string of the molecule is O=C(CCc1ccc(N2CCOCC2)cc1)CCc1ccc(N2CCOCC2)cc1. The van der Waals surface area contributed by atoms with Gasteiger partial charge in [0.1, 0.15) is 5.78 Å². The molecule has 0 radical (unpaired) electrons. The molecule has 0 spiro atoms. The van der Waals surface area contributed by atoms with Crippen molar-refractivity contribution in [2.45, 2.75) is 25.7 Å². The molecule has 30 heavy (non-hydrogen) atoms. The van der Waals surface area contributed by atoms with E-state index in [1.54, 1.807) is 0 Å². The van der Waals surface area contributed by atoms with Crippen LogP contribution in [-0.4, -0.2) is 58.4 Å². The first-order valence-electron chi connectivity index (χ1n) is 11.1. The van der Waals surface area contributed by atoms with Gasteiger partial charge in [0.15, 0.2) is 0 Å². The maximum Gasteiger partial charge on any atom is 0.133 e. The first-order valence-corrected chi connectivity index (χ1v) is 11.1. The molecule has 0 atom stereocenters. The second-order valence-corrected chi connectivity index (χ2v) is 8.07.